The second kappa shape index (κ2) is 6.53. The topological polar surface area (TPSA) is 96.9 Å². The highest BCUT2D eigenvalue weighted by atomic mass is 16.5. The number of carbonyl (C=O) groups is 1. The monoisotopic (exact) mass is 285 g/mol. The van der Waals surface area contributed by atoms with Crippen molar-refractivity contribution in [1.82, 2.24) is 5.48 Å². The quantitative estimate of drug-likeness (QED) is 0.264. The van der Waals surface area contributed by atoms with Gasteiger partial charge in [-0.05, 0) is 18.2 Å². The average Bonchev–Trinajstić information content (AvgIpc) is 2.54. The summed E-state index contributed by atoms with van der Waals surface area (Å²) in [7, 11) is 1.30. The highest BCUT2D eigenvalue weighted by Crippen LogP contribution is 2.24. The number of methoxy groups -OCH3 is 1. The first-order valence-electron chi connectivity index (χ1n) is 6.17. The third-order valence-corrected chi connectivity index (χ3v) is 2.84. The van der Waals surface area contributed by atoms with Crippen LogP contribution in [0.1, 0.15) is 15.9 Å². The molecule has 0 bridgehead atoms. The highest BCUT2D eigenvalue weighted by molar-refractivity contribution is 6.00. The zero-order chi connectivity index (χ0) is 15.2. The summed E-state index contributed by atoms with van der Waals surface area (Å²) in [5, 5.41) is 9.24. The maximum absolute atomic E-state index is 11.5. The van der Waals surface area contributed by atoms with Crippen LogP contribution >= 0.6 is 0 Å². The first kappa shape index (κ1) is 14.5. The molecule has 2 aromatic carbocycles. The van der Waals surface area contributed by atoms with Gasteiger partial charge in [-0.3, -0.25) is 10.7 Å². The molecule has 108 valence electrons. The first-order valence-corrected chi connectivity index (χ1v) is 6.17. The Balaban J connectivity index is 2.45. The Bertz CT molecular complexity index is 669. The van der Waals surface area contributed by atoms with Crippen LogP contribution in [0.3, 0.4) is 0 Å². The van der Waals surface area contributed by atoms with Crippen LogP contribution in [0.2, 0.25) is 0 Å². The molecule has 0 amide bonds. The number of esters is 1. The van der Waals surface area contributed by atoms with Crippen molar-refractivity contribution < 1.29 is 14.7 Å². The third-order valence-electron chi connectivity index (χ3n) is 2.84. The molecular formula is C15H15N3O3. The lowest BCUT2D eigenvalue weighted by Crippen LogP contribution is -2.19. The van der Waals surface area contributed by atoms with E-state index in [9.17, 15) is 10.0 Å². The molecule has 0 atom stereocenters. The van der Waals surface area contributed by atoms with E-state index in [4.69, 9.17) is 5.73 Å². The van der Waals surface area contributed by atoms with Gasteiger partial charge in [0.15, 0.2) is 5.84 Å². The molecule has 0 aromatic heterocycles. The SMILES string of the molecule is COC(=O)c1ccc(N)c(N=C(NO)c2ccccc2)c1. The van der Waals surface area contributed by atoms with Crippen molar-refractivity contribution >= 4 is 23.2 Å². The number of aliphatic imine (C=N–C) groups is 1. The number of nitrogens with two attached hydrogens (primary N) is 1. The van der Waals surface area contributed by atoms with Crippen LogP contribution in [0.15, 0.2) is 53.5 Å². The summed E-state index contributed by atoms with van der Waals surface area (Å²) < 4.78 is 4.65. The summed E-state index contributed by atoms with van der Waals surface area (Å²) in [4.78, 5) is 15.8. The number of nitrogen functional groups attached to an aromatic ring is 1. The molecule has 0 unspecified atom stereocenters. The number of rotatable bonds is 3. The number of amidine groups is 1. The highest BCUT2D eigenvalue weighted by Gasteiger charge is 2.09. The van der Waals surface area contributed by atoms with E-state index in [1.54, 1.807) is 24.3 Å². The lowest BCUT2D eigenvalue weighted by atomic mass is 10.1. The second-order valence-electron chi connectivity index (χ2n) is 4.20. The van der Waals surface area contributed by atoms with Gasteiger partial charge < -0.3 is 10.5 Å². The smallest absolute Gasteiger partial charge is 0.337 e. The van der Waals surface area contributed by atoms with Gasteiger partial charge in [-0.15, -0.1) is 0 Å². The van der Waals surface area contributed by atoms with E-state index in [0.29, 0.717) is 22.5 Å². The normalized spacial score (nSPS) is 11.0. The Morgan fingerprint density at radius 2 is 1.90 bits per heavy atom. The van der Waals surface area contributed by atoms with Crippen molar-refractivity contribution in [1.29, 1.82) is 0 Å². The maximum Gasteiger partial charge on any atom is 0.337 e. The number of hydroxylamine groups is 1. The number of nitrogens with zero attached hydrogens (tertiary/aromatic N) is 1. The van der Waals surface area contributed by atoms with E-state index in [2.05, 4.69) is 9.73 Å². The molecule has 6 nitrogen and oxygen atoms in total. The van der Waals surface area contributed by atoms with Gasteiger partial charge in [0, 0.05) is 5.56 Å². The molecule has 0 radical (unpaired) electrons. The minimum absolute atomic E-state index is 0.226. The number of ether oxygens (including phenoxy) is 1. The largest absolute Gasteiger partial charge is 0.465 e. The molecule has 6 heteroatoms. The van der Waals surface area contributed by atoms with Gasteiger partial charge in [-0.2, -0.15) is 0 Å². The van der Waals surface area contributed by atoms with E-state index < -0.39 is 5.97 Å². The van der Waals surface area contributed by atoms with Crippen LogP contribution in [0.4, 0.5) is 11.4 Å². The molecule has 0 aliphatic rings. The Morgan fingerprint density at radius 3 is 2.52 bits per heavy atom. The Labute approximate surface area is 121 Å². The average molecular weight is 285 g/mol. The van der Waals surface area contributed by atoms with Gasteiger partial charge in [0.25, 0.3) is 0 Å². The summed E-state index contributed by atoms with van der Waals surface area (Å²) in [6, 6.07) is 13.7. The molecule has 0 spiro atoms. The Kier molecular flexibility index (Phi) is 4.53. The molecule has 0 saturated carbocycles. The van der Waals surface area contributed by atoms with Gasteiger partial charge in [-0.25, -0.2) is 9.79 Å². The van der Waals surface area contributed by atoms with E-state index >= 15 is 0 Å². The zero-order valence-corrected chi connectivity index (χ0v) is 11.4. The zero-order valence-electron chi connectivity index (χ0n) is 11.4. The van der Waals surface area contributed by atoms with Gasteiger partial charge in [0.05, 0.1) is 24.0 Å². The fraction of sp³-hybridized carbons (Fsp3) is 0.0667. The first-order chi connectivity index (χ1) is 10.2. The molecule has 0 fully saturated rings. The summed E-state index contributed by atoms with van der Waals surface area (Å²) in [6.45, 7) is 0. The van der Waals surface area contributed by atoms with Gasteiger partial charge >= 0.3 is 5.97 Å². The van der Waals surface area contributed by atoms with Gasteiger partial charge in [0.2, 0.25) is 0 Å². The van der Waals surface area contributed by atoms with Crippen LogP contribution in [-0.2, 0) is 4.74 Å². The van der Waals surface area contributed by atoms with Gasteiger partial charge in [-0.1, -0.05) is 30.3 Å². The minimum atomic E-state index is -0.482. The Hall–Kier alpha value is -2.86. The number of anilines is 1. The summed E-state index contributed by atoms with van der Waals surface area (Å²) in [6.07, 6.45) is 0. The summed E-state index contributed by atoms with van der Waals surface area (Å²) in [5.74, 6) is -0.256. The maximum atomic E-state index is 11.5. The fourth-order valence-corrected chi connectivity index (χ4v) is 1.76. The fourth-order valence-electron chi connectivity index (χ4n) is 1.76. The molecule has 2 rings (SSSR count). The third kappa shape index (κ3) is 3.37. The van der Waals surface area contributed by atoms with Gasteiger partial charge in [0.1, 0.15) is 0 Å². The summed E-state index contributed by atoms with van der Waals surface area (Å²) in [5.41, 5.74) is 9.63. The van der Waals surface area contributed by atoms with Crippen LogP contribution in [0.25, 0.3) is 0 Å². The van der Waals surface area contributed by atoms with Crippen molar-refractivity contribution in [3.05, 3.63) is 59.7 Å². The lowest BCUT2D eigenvalue weighted by Gasteiger charge is -2.07. The molecule has 0 heterocycles. The van der Waals surface area contributed by atoms with E-state index in [-0.39, 0.29) is 5.84 Å². The van der Waals surface area contributed by atoms with Crippen LogP contribution in [0, 0.1) is 0 Å². The molecule has 0 aliphatic carbocycles. The van der Waals surface area contributed by atoms with E-state index in [1.807, 2.05) is 23.7 Å². The molecule has 4 N–H and O–H groups in total. The number of hydrogen-bond donors (Lipinski definition) is 3. The summed E-state index contributed by atoms with van der Waals surface area (Å²) >= 11 is 0. The van der Waals surface area contributed by atoms with E-state index in [0.717, 1.165) is 0 Å². The molecule has 0 saturated heterocycles. The second-order valence-corrected chi connectivity index (χ2v) is 4.20. The number of hydrogen-bond acceptors (Lipinski definition) is 5. The van der Waals surface area contributed by atoms with Crippen molar-refractivity contribution in [3.8, 4) is 0 Å². The van der Waals surface area contributed by atoms with Crippen molar-refractivity contribution in [2.24, 2.45) is 4.99 Å². The molecule has 0 aliphatic heterocycles. The standard InChI is InChI=1S/C15H15N3O3/c1-21-15(19)11-7-8-12(16)13(9-11)17-14(18-20)10-5-3-2-4-6-10/h2-9,20H,16H2,1H3,(H,17,18). The Morgan fingerprint density at radius 1 is 1.19 bits per heavy atom. The van der Waals surface area contributed by atoms with Crippen LogP contribution in [0.5, 0.6) is 0 Å². The van der Waals surface area contributed by atoms with E-state index in [1.165, 1.54) is 13.2 Å². The number of nitrogens with one attached hydrogen (secondary N) is 1. The predicted molar refractivity (Wildman–Crippen MR) is 79.8 cm³/mol. The molecule has 2 aromatic rings. The molecule has 21 heavy (non-hydrogen) atoms. The van der Waals surface area contributed by atoms with Crippen LogP contribution in [-0.4, -0.2) is 24.1 Å². The van der Waals surface area contributed by atoms with Crippen molar-refractivity contribution in [3.63, 3.8) is 0 Å². The van der Waals surface area contributed by atoms with Crippen molar-refractivity contribution in [2.45, 2.75) is 0 Å². The number of benzene rings is 2. The number of carbonyl (C=O) groups excluding carboxylic acids is 1. The lowest BCUT2D eigenvalue weighted by molar-refractivity contribution is 0.0601. The van der Waals surface area contributed by atoms with Crippen LogP contribution < -0.4 is 11.2 Å². The predicted octanol–water partition coefficient (Wildman–Crippen LogP) is 2.11. The van der Waals surface area contributed by atoms with Crippen molar-refractivity contribution in [2.75, 3.05) is 12.8 Å². The molecular weight excluding hydrogens is 270 g/mol. The minimum Gasteiger partial charge on any atom is -0.465 e.